The minimum Gasteiger partial charge on any atom is -0.444 e. The van der Waals surface area contributed by atoms with E-state index in [9.17, 15) is 9.59 Å². The van der Waals surface area contributed by atoms with Crippen molar-refractivity contribution < 1.29 is 14.3 Å². The molecule has 0 fully saturated rings. The van der Waals surface area contributed by atoms with Crippen LogP contribution in [0, 0.1) is 17.2 Å². The zero-order valence-electron chi connectivity index (χ0n) is 14.6. The number of carbonyl (C=O) groups excluding carboxylic acids is 2. The molecule has 2 aliphatic rings. The SMILES string of the molecule is C=C(C#N)C(=O)C1=CC2C=C(C)C(NC(=O)OC(C)(C)C)=CC2N1I. The highest BCUT2D eigenvalue weighted by molar-refractivity contribution is 14.1. The second-order valence-electron chi connectivity index (χ2n) is 6.91. The Morgan fingerprint density at radius 1 is 1.36 bits per heavy atom. The van der Waals surface area contributed by atoms with Gasteiger partial charge in [-0.05, 0) is 45.4 Å². The average Bonchev–Trinajstić information content (AvgIpc) is 2.80. The molecule has 7 heteroatoms. The lowest BCUT2D eigenvalue weighted by atomic mass is 9.92. The van der Waals surface area contributed by atoms with Crippen LogP contribution in [0.4, 0.5) is 4.79 Å². The summed E-state index contributed by atoms with van der Waals surface area (Å²) in [5.41, 5.74) is 1.30. The quantitative estimate of drug-likeness (QED) is 0.306. The number of fused-ring (bicyclic) bond motifs is 1. The van der Waals surface area contributed by atoms with Gasteiger partial charge in [0.2, 0.25) is 5.78 Å². The minimum atomic E-state index is -0.582. The Balaban J connectivity index is 2.19. The molecular weight excluding hydrogens is 433 g/mol. The number of ketones is 1. The number of nitrogens with zero attached hydrogens (tertiary/aromatic N) is 2. The topological polar surface area (TPSA) is 82.4 Å². The molecule has 0 aromatic carbocycles. The first kappa shape index (κ1) is 19.2. The number of Topliss-reactive ketones (excluding diaryl/α,β-unsaturated/α-hetero) is 1. The van der Waals surface area contributed by atoms with E-state index in [1.807, 2.05) is 48.0 Å². The summed E-state index contributed by atoms with van der Waals surface area (Å²) in [7, 11) is 0. The fraction of sp³-hybridized carbons (Fsp3) is 0.389. The molecular formula is C18H20IN3O3. The van der Waals surface area contributed by atoms with Crippen molar-refractivity contribution in [3.8, 4) is 6.07 Å². The van der Waals surface area contributed by atoms with Gasteiger partial charge >= 0.3 is 6.09 Å². The van der Waals surface area contributed by atoms with E-state index in [1.165, 1.54) is 0 Å². The van der Waals surface area contributed by atoms with Crippen LogP contribution in [-0.4, -0.2) is 26.6 Å². The number of halogens is 1. The molecule has 132 valence electrons. The molecule has 2 unspecified atom stereocenters. The Kier molecular flexibility index (Phi) is 5.42. The van der Waals surface area contributed by atoms with Crippen molar-refractivity contribution in [3.05, 3.63) is 47.3 Å². The van der Waals surface area contributed by atoms with Gasteiger partial charge in [-0.3, -0.25) is 10.1 Å². The van der Waals surface area contributed by atoms with Gasteiger partial charge in [0.25, 0.3) is 0 Å². The Labute approximate surface area is 161 Å². The van der Waals surface area contributed by atoms with Gasteiger partial charge in [-0.1, -0.05) is 12.7 Å². The van der Waals surface area contributed by atoms with Gasteiger partial charge < -0.3 is 7.85 Å². The summed E-state index contributed by atoms with van der Waals surface area (Å²) < 4.78 is 7.05. The van der Waals surface area contributed by atoms with Crippen molar-refractivity contribution in [2.24, 2.45) is 5.92 Å². The van der Waals surface area contributed by atoms with Crippen molar-refractivity contribution in [2.75, 3.05) is 0 Å². The Bertz CT molecular complexity index is 765. The van der Waals surface area contributed by atoms with Crippen LogP contribution in [0.5, 0.6) is 0 Å². The lowest BCUT2D eigenvalue weighted by molar-refractivity contribution is -0.112. The van der Waals surface area contributed by atoms with E-state index in [1.54, 1.807) is 30.0 Å². The average molecular weight is 453 g/mol. The molecule has 0 aromatic rings. The molecule has 0 saturated carbocycles. The molecule has 1 aliphatic heterocycles. The van der Waals surface area contributed by atoms with Crippen LogP contribution in [0.15, 0.2) is 47.3 Å². The molecule has 0 bridgehead atoms. The van der Waals surface area contributed by atoms with Gasteiger partial charge in [0.05, 0.1) is 40.2 Å². The summed E-state index contributed by atoms with van der Waals surface area (Å²) in [6.45, 7) is 10.8. The lowest BCUT2D eigenvalue weighted by Crippen LogP contribution is -2.35. The highest BCUT2D eigenvalue weighted by Gasteiger charge is 2.37. The number of hydrogen-bond acceptors (Lipinski definition) is 5. The van der Waals surface area contributed by atoms with Gasteiger partial charge in [0.15, 0.2) is 0 Å². The van der Waals surface area contributed by atoms with E-state index >= 15 is 0 Å². The van der Waals surface area contributed by atoms with E-state index in [4.69, 9.17) is 10.00 Å². The number of nitriles is 1. The minimum absolute atomic E-state index is 0.00784. The summed E-state index contributed by atoms with van der Waals surface area (Å²) in [6.07, 6.45) is 5.18. The van der Waals surface area contributed by atoms with E-state index in [0.29, 0.717) is 11.4 Å². The van der Waals surface area contributed by atoms with Gasteiger partial charge in [-0.2, -0.15) is 5.26 Å². The zero-order valence-corrected chi connectivity index (χ0v) is 16.7. The maximum absolute atomic E-state index is 12.3. The number of ether oxygens (including phenoxy) is 1. The van der Waals surface area contributed by atoms with Crippen molar-refractivity contribution >= 4 is 34.7 Å². The molecule has 0 radical (unpaired) electrons. The lowest BCUT2D eigenvalue weighted by Gasteiger charge is -2.28. The standard InChI is InChI=1S/C18H20IN3O3/c1-10-6-12-7-15(16(23)11(2)9-20)22(19)14(12)8-13(10)21-17(24)25-18(3,4)5/h6-8,12,14H,2H2,1,3-5H3,(H,21,24). The van der Waals surface area contributed by atoms with Crippen LogP contribution < -0.4 is 5.32 Å². The maximum atomic E-state index is 12.3. The molecule has 0 spiro atoms. The summed E-state index contributed by atoms with van der Waals surface area (Å²) in [6, 6.07) is 1.66. The number of amides is 1. The first-order valence-corrected chi connectivity index (χ1v) is 8.71. The molecule has 6 nitrogen and oxygen atoms in total. The van der Waals surface area contributed by atoms with Crippen LogP contribution in [0.2, 0.25) is 0 Å². The van der Waals surface area contributed by atoms with Gasteiger partial charge in [0.1, 0.15) is 11.7 Å². The monoisotopic (exact) mass is 453 g/mol. The molecule has 0 saturated heterocycles. The van der Waals surface area contributed by atoms with E-state index in [2.05, 4.69) is 11.9 Å². The number of nitrogens with one attached hydrogen (secondary N) is 1. The molecule has 2 atom stereocenters. The van der Waals surface area contributed by atoms with Gasteiger partial charge in [0, 0.05) is 11.6 Å². The summed E-state index contributed by atoms with van der Waals surface area (Å²) in [5, 5.41) is 11.6. The van der Waals surface area contributed by atoms with E-state index in [0.717, 1.165) is 5.57 Å². The summed E-state index contributed by atoms with van der Waals surface area (Å²) >= 11 is 2.04. The molecule has 1 aliphatic carbocycles. The predicted octanol–water partition coefficient (Wildman–Crippen LogP) is 3.54. The normalized spacial score (nSPS) is 22.1. The number of carbonyl (C=O) groups is 2. The Hall–Kier alpha value is -2.08. The molecule has 1 N–H and O–H groups in total. The first-order chi connectivity index (χ1) is 11.5. The second kappa shape index (κ2) is 7.04. The Morgan fingerprint density at radius 2 is 2.00 bits per heavy atom. The molecule has 2 rings (SSSR count). The van der Waals surface area contributed by atoms with Crippen LogP contribution in [-0.2, 0) is 9.53 Å². The summed E-state index contributed by atoms with van der Waals surface area (Å²) in [4.78, 5) is 24.3. The van der Waals surface area contributed by atoms with Crippen molar-refractivity contribution in [1.82, 2.24) is 8.43 Å². The van der Waals surface area contributed by atoms with E-state index in [-0.39, 0.29) is 23.3 Å². The third kappa shape index (κ3) is 4.31. The van der Waals surface area contributed by atoms with Crippen molar-refractivity contribution in [1.29, 1.82) is 5.26 Å². The van der Waals surface area contributed by atoms with Crippen LogP contribution in [0.25, 0.3) is 0 Å². The Morgan fingerprint density at radius 3 is 2.56 bits per heavy atom. The molecule has 1 heterocycles. The first-order valence-electron chi connectivity index (χ1n) is 7.74. The fourth-order valence-corrected chi connectivity index (χ4v) is 3.51. The second-order valence-corrected chi connectivity index (χ2v) is 7.95. The van der Waals surface area contributed by atoms with Gasteiger partial charge in [-0.25, -0.2) is 4.79 Å². The number of alkyl carbamates (subject to hydrolysis) is 1. The van der Waals surface area contributed by atoms with E-state index < -0.39 is 11.7 Å². The van der Waals surface area contributed by atoms with Crippen molar-refractivity contribution in [2.45, 2.75) is 39.3 Å². The third-order valence-electron chi connectivity index (χ3n) is 3.72. The highest BCUT2D eigenvalue weighted by atomic mass is 127. The van der Waals surface area contributed by atoms with Crippen LogP contribution in [0.1, 0.15) is 27.7 Å². The maximum Gasteiger partial charge on any atom is 0.412 e. The fourth-order valence-electron chi connectivity index (χ4n) is 2.60. The number of hydrogen-bond donors (Lipinski definition) is 1. The smallest absolute Gasteiger partial charge is 0.412 e. The van der Waals surface area contributed by atoms with Crippen molar-refractivity contribution in [3.63, 3.8) is 0 Å². The predicted molar refractivity (Wildman–Crippen MR) is 102 cm³/mol. The molecule has 0 aromatic heterocycles. The zero-order chi connectivity index (χ0) is 18.9. The number of allylic oxidation sites excluding steroid dienone is 2. The highest BCUT2D eigenvalue weighted by Crippen LogP contribution is 2.38. The van der Waals surface area contributed by atoms with Gasteiger partial charge in [-0.15, -0.1) is 0 Å². The largest absolute Gasteiger partial charge is 0.444 e. The van der Waals surface area contributed by atoms with Crippen LogP contribution in [0.3, 0.4) is 0 Å². The molecule has 25 heavy (non-hydrogen) atoms. The summed E-state index contributed by atoms with van der Waals surface area (Å²) in [5.74, 6) is -0.390. The van der Waals surface area contributed by atoms with Crippen LogP contribution >= 0.6 is 22.9 Å². The number of rotatable bonds is 3. The third-order valence-corrected chi connectivity index (χ3v) is 4.88. The molecule has 1 amide bonds.